The average Bonchev–Trinajstić information content (AvgIpc) is 2.60. The minimum absolute atomic E-state index is 0.0204. The van der Waals surface area contributed by atoms with Gasteiger partial charge in [-0.05, 0) is 51.1 Å². The average molecular weight is 372 g/mol. The molecule has 2 aromatic carbocycles. The monoisotopic (exact) mass is 371 g/mol. The maximum absolute atomic E-state index is 12.5. The molecule has 5 heteroatoms. The topological polar surface area (TPSA) is 47.6 Å². The third kappa shape index (κ3) is 4.52. The van der Waals surface area contributed by atoms with Crippen molar-refractivity contribution in [1.29, 1.82) is 0 Å². The summed E-state index contributed by atoms with van der Waals surface area (Å²) < 4.78 is 11.4. The minimum atomic E-state index is -0.330. The quantitative estimate of drug-likeness (QED) is 0.786. The van der Waals surface area contributed by atoms with Crippen LogP contribution in [-0.2, 0) is 4.79 Å². The van der Waals surface area contributed by atoms with Gasteiger partial charge in [0, 0.05) is 16.9 Å². The van der Waals surface area contributed by atoms with Gasteiger partial charge in [0.25, 0.3) is 0 Å². The highest BCUT2D eigenvalue weighted by Gasteiger charge is 2.34. The van der Waals surface area contributed by atoms with Crippen LogP contribution in [0.25, 0.3) is 0 Å². The van der Waals surface area contributed by atoms with Crippen LogP contribution in [0.1, 0.15) is 37.4 Å². The van der Waals surface area contributed by atoms with E-state index in [1.54, 1.807) is 18.9 Å². The summed E-state index contributed by atoms with van der Waals surface area (Å²) in [5, 5.41) is 3.17. The van der Waals surface area contributed by atoms with E-state index in [9.17, 15) is 4.79 Å². The summed E-state index contributed by atoms with van der Waals surface area (Å²) in [6.45, 7) is 6.14. The van der Waals surface area contributed by atoms with Crippen molar-refractivity contribution < 1.29 is 14.3 Å². The first kappa shape index (κ1) is 18.6. The molecule has 0 aliphatic carbocycles. The number of nitrogens with one attached hydrogen (secondary N) is 1. The lowest BCUT2D eigenvalue weighted by atomic mass is 9.89. The third-order valence-electron chi connectivity index (χ3n) is 4.40. The van der Waals surface area contributed by atoms with Crippen LogP contribution in [0.3, 0.4) is 0 Å². The third-order valence-corrected chi connectivity index (χ3v) is 5.41. The van der Waals surface area contributed by atoms with Gasteiger partial charge in [-0.2, -0.15) is 0 Å². The van der Waals surface area contributed by atoms with Crippen LogP contribution in [0.5, 0.6) is 11.5 Å². The van der Waals surface area contributed by atoms with Gasteiger partial charge in [0.2, 0.25) is 5.91 Å². The highest BCUT2D eigenvalue weighted by atomic mass is 32.2. The van der Waals surface area contributed by atoms with Crippen molar-refractivity contribution in [2.24, 2.45) is 0 Å². The van der Waals surface area contributed by atoms with Crippen LogP contribution in [0.4, 0.5) is 0 Å². The van der Waals surface area contributed by atoms with Gasteiger partial charge in [-0.3, -0.25) is 4.79 Å². The fourth-order valence-corrected chi connectivity index (χ4v) is 3.82. The summed E-state index contributed by atoms with van der Waals surface area (Å²) in [5.74, 6) is 1.98. The standard InChI is InChI=1S/C21H25NO3S/c1-14-5-8-16(9-6-14)26-13-20(23)22-18-12-21(2,3)25-19-10-7-15(24-4)11-17(18)19/h5-11,18H,12-13H2,1-4H3,(H,22,23)/t18-/m0/s1. The maximum atomic E-state index is 12.5. The smallest absolute Gasteiger partial charge is 0.230 e. The SMILES string of the molecule is COc1ccc2c(c1)[C@@H](NC(=O)CSc1ccc(C)cc1)CC(C)(C)O2. The highest BCUT2D eigenvalue weighted by Crippen LogP contribution is 2.41. The number of ether oxygens (including phenoxy) is 2. The number of fused-ring (bicyclic) bond motifs is 1. The summed E-state index contributed by atoms with van der Waals surface area (Å²) in [7, 11) is 1.64. The van der Waals surface area contributed by atoms with Crippen LogP contribution < -0.4 is 14.8 Å². The van der Waals surface area contributed by atoms with E-state index in [1.165, 1.54) is 5.56 Å². The number of thioether (sulfide) groups is 1. The number of carbonyl (C=O) groups is 1. The number of hydrogen-bond acceptors (Lipinski definition) is 4. The van der Waals surface area contributed by atoms with Crippen LogP contribution >= 0.6 is 11.8 Å². The van der Waals surface area contributed by atoms with Crippen LogP contribution in [0.15, 0.2) is 47.4 Å². The maximum Gasteiger partial charge on any atom is 0.230 e. The Morgan fingerprint density at radius 3 is 2.69 bits per heavy atom. The van der Waals surface area contributed by atoms with Gasteiger partial charge in [-0.1, -0.05) is 17.7 Å². The lowest BCUT2D eigenvalue weighted by molar-refractivity contribution is -0.119. The second-order valence-corrected chi connectivity index (χ2v) is 8.24. The number of hydrogen-bond donors (Lipinski definition) is 1. The Morgan fingerprint density at radius 1 is 1.27 bits per heavy atom. The molecule has 0 bridgehead atoms. The fraction of sp³-hybridized carbons (Fsp3) is 0.381. The Kier molecular flexibility index (Phi) is 5.47. The van der Waals surface area contributed by atoms with Crippen molar-refractivity contribution in [2.45, 2.75) is 43.7 Å². The number of rotatable bonds is 5. The van der Waals surface area contributed by atoms with E-state index in [2.05, 4.69) is 24.4 Å². The molecule has 1 aliphatic heterocycles. The van der Waals surface area contributed by atoms with E-state index in [0.29, 0.717) is 12.2 Å². The number of carbonyl (C=O) groups excluding carboxylic acids is 1. The molecule has 1 aliphatic rings. The zero-order valence-electron chi connectivity index (χ0n) is 15.7. The zero-order chi connectivity index (χ0) is 18.7. The molecule has 0 unspecified atom stereocenters. The molecule has 1 atom stereocenters. The lowest BCUT2D eigenvalue weighted by Crippen LogP contribution is -2.41. The molecule has 138 valence electrons. The van der Waals surface area contributed by atoms with Gasteiger partial charge < -0.3 is 14.8 Å². The summed E-state index contributed by atoms with van der Waals surface area (Å²) in [6, 6.07) is 13.9. The molecule has 0 saturated heterocycles. The normalized spacial score (nSPS) is 17.8. The molecule has 0 spiro atoms. The first-order valence-corrected chi connectivity index (χ1v) is 9.71. The number of methoxy groups -OCH3 is 1. The van der Waals surface area contributed by atoms with Gasteiger partial charge >= 0.3 is 0 Å². The van der Waals surface area contributed by atoms with E-state index in [0.717, 1.165) is 22.0 Å². The predicted molar refractivity (Wildman–Crippen MR) is 105 cm³/mol. The molecule has 0 radical (unpaired) electrons. The van der Waals surface area contributed by atoms with Crippen molar-refractivity contribution in [3.8, 4) is 11.5 Å². The number of benzene rings is 2. The van der Waals surface area contributed by atoms with E-state index < -0.39 is 0 Å². The second-order valence-electron chi connectivity index (χ2n) is 7.19. The number of amides is 1. The Balaban J connectivity index is 1.70. The largest absolute Gasteiger partial charge is 0.497 e. The van der Waals surface area contributed by atoms with Crippen LogP contribution in [0.2, 0.25) is 0 Å². The summed E-state index contributed by atoms with van der Waals surface area (Å²) in [5.41, 5.74) is 1.86. The molecule has 1 heterocycles. The molecule has 1 N–H and O–H groups in total. The van der Waals surface area contributed by atoms with Gasteiger partial charge in [0.05, 0.1) is 18.9 Å². The summed E-state index contributed by atoms with van der Waals surface area (Å²) >= 11 is 1.55. The Bertz CT molecular complexity index is 786. The molecule has 1 amide bonds. The van der Waals surface area contributed by atoms with Crippen molar-refractivity contribution in [3.63, 3.8) is 0 Å². The molecule has 2 aromatic rings. The van der Waals surface area contributed by atoms with Crippen molar-refractivity contribution in [2.75, 3.05) is 12.9 Å². The predicted octanol–water partition coefficient (Wildman–Crippen LogP) is 4.51. The molecule has 0 aromatic heterocycles. The van der Waals surface area contributed by atoms with E-state index >= 15 is 0 Å². The molecule has 0 saturated carbocycles. The van der Waals surface area contributed by atoms with E-state index in [-0.39, 0.29) is 17.6 Å². The fourth-order valence-electron chi connectivity index (χ4n) is 3.11. The second kappa shape index (κ2) is 7.62. The van der Waals surface area contributed by atoms with Crippen molar-refractivity contribution in [3.05, 3.63) is 53.6 Å². The minimum Gasteiger partial charge on any atom is -0.497 e. The van der Waals surface area contributed by atoms with Gasteiger partial charge in [0.1, 0.15) is 17.1 Å². The Labute approximate surface area is 159 Å². The van der Waals surface area contributed by atoms with Gasteiger partial charge in [0.15, 0.2) is 0 Å². The van der Waals surface area contributed by atoms with Crippen molar-refractivity contribution in [1.82, 2.24) is 5.32 Å². The van der Waals surface area contributed by atoms with Crippen LogP contribution in [0, 0.1) is 6.92 Å². The Morgan fingerprint density at radius 2 is 2.00 bits per heavy atom. The van der Waals surface area contributed by atoms with Gasteiger partial charge in [-0.25, -0.2) is 0 Å². The lowest BCUT2D eigenvalue weighted by Gasteiger charge is -2.38. The van der Waals surface area contributed by atoms with E-state index in [4.69, 9.17) is 9.47 Å². The zero-order valence-corrected chi connectivity index (χ0v) is 16.5. The van der Waals surface area contributed by atoms with Crippen LogP contribution in [-0.4, -0.2) is 24.4 Å². The van der Waals surface area contributed by atoms with Crippen molar-refractivity contribution >= 4 is 17.7 Å². The first-order valence-electron chi connectivity index (χ1n) is 8.72. The molecular weight excluding hydrogens is 346 g/mol. The Hall–Kier alpha value is -2.14. The van der Waals surface area contributed by atoms with E-state index in [1.807, 2.05) is 44.2 Å². The molecule has 26 heavy (non-hydrogen) atoms. The highest BCUT2D eigenvalue weighted by molar-refractivity contribution is 8.00. The van der Waals surface area contributed by atoms with Gasteiger partial charge in [-0.15, -0.1) is 11.8 Å². The molecular formula is C21H25NO3S. The molecule has 3 rings (SSSR count). The summed E-state index contributed by atoms with van der Waals surface area (Å²) in [6.07, 6.45) is 0.716. The summed E-state index contributed by atoms with van der Waals surface area (Å²) in [4.78, 5) is 13.6. The first-order chi connectivity index (χ1) is 12.4. The molecule has 4 nitrogen and oxygen atoms in total. The molecule has 0 fully saturated rings. The number of aryl methyl sites for hydroxylation is 1.